The van der Waals surface area contributed by atoms with Gasteiger partial charge in [0.2, 0.25) is 5.91 Å². The molecule has 0 fully saturated rings. The smallest absolute Gasteiger partial charge is 0.303 e. The van der Waals surface area contributed by atoms with Gasteiger partial charge in [-0.1, -0.05) is 19.1 Å². The zero-order valence-electron chi connectivity index (χ0n) is 11.2. The van der Waals surface area contributed by atoms with E-state index in [1.54, 1.807) is 19.2 Å². The van der Waals surface area contributed by atoms with Gasteiger partial charge in [-0.15, -0.1) is 0 Å². The van der Waals surface area contributed by atoms with Crippen molar-refractivity contribution in [2.24, 2.45) is 0 Å². The van der Waals surface area contributed by atoms with Gasteiger partial charge in [0.25, 0.3) is 0 Å². The first kappa shape index (κ1) is 15.2. The van der Waals surface area contributed by atoms with Gasteiger partial charge in [0.1, 0.15) is 0 Å². The number of carbonyl (C=O) groups is 2. The lowest BCUT2D eigenvalue weighted by Crippen LogP contribution is -2.13. The van der Waals surface area contributed by atoms with Gasteiger partial charge < -0.3 is 15.2 Å². The molecular formula is C14H19NO4. The summed E-state index contributed by atoms with van der Waals surface area (Å²) in [6.07, 6.45) is 0.410. The van der Waals surface area contributed by atoms with Gasteiger partial charge in [-0.05, 0) is 23.6 Å². The maximum absolute atomic E-state index is 11.5. The van der Waals surface area contributed by atoms with E-state index in [0.717, 1.165) is 5.56 Å². The largest absolute Gasteiger partial charge is 0.481 e. The van der Waals surface area contributed by atoms with E-state index in [1.165, 1.54) is 0 Å². The molecule has 1 amide bonds. The first-order valence-electron chi connectivity index (χ1n) is 6.13. The Kier molecular flexibility index (Phi) is 6.02. The second-order valence-electron chi connectivity index (χ2n) is 4.41. The van der Waals surface area contributed by atoms with Gasteiger partial charge >= 0.3 is 5.97 Å². The first-order chi connectivity index (χ1) is 9.02. The van der Waals surface area contributed by atoms with Crippen LogP contribution in [-0.4, -0.2) is 30.7 Å². The van der Waals surface area contributed by atoms with E-state index in [4.69, 9.17) is 9.84 Å². The molecule has 5 nitrogen and oxygen atoms in total. The van der Waals surface area contributed by atoms with Crippen LogP contribution in [0.1, 0.15) is 31.2 Å². The predicted molar refractivity (Wildman–Crippen MR) is 72.2 cm³/mol. The van der Waals surface area contributed by atoms with Crippen LogP contribution in [0.15, 0.2) is 24.3 Å². The lowest BCUT2D eigenvalue weighted by Gasteiger charge is -2.10. The van der Waals surface area contributed by atoms with Crippen molar-refractivity contribution in [1.29, 1.82) is 0 Å². The highest BCUT2D eigenvalue weighted by Crippen LogP contribution is 2.20. The van der Waals surface area contributed by atoms with E-state index in [0.29, 0.717) is 18.7 Å². The number of amides is 1. The summed E-state index contributed by atoms with van der Waals surface area (Å²) in [7, 11) is 1.55. The third kappa shape index (κ3) is 5.52. The van der Waals surface area contributed by atoms with Crippen molar-refractivity contribution in [3.05, 3.63) is 29.8 Å². The molecule has 0 bridgehead atoms. The van der Waals surface area contributed by atoms with Crippen molar-refractivity contribution < 1.29 is 19.4 Å². The Morgan fingerprint density at radius 3 is 2.47 bits per heavy atom. The molecular weight excluding hydrogens is 246 g/mol. The number of hydrogen-bond donors (Lipinski definition) is 2. The first-order valence-corrected chi connectivity index (χ1v) is 6.13. The number of carboxylic acid groups (broad SMARTS) is 1. The van der Waals surface area contributed by atoms with Crippen molar-refractivity contribution >= 4 is 17.6 Å². The van der Waals surface area contributed by atoms with Gasteiger partial charge in [-0.3, -0.25) is 9.59 Å². The zero-order valence-corrected chi connectivity index (χ0v) is 11.2. The highest BCUT2D eigenvalue weighted by atomic mass is 16.5. The average Bonchev–Trinajstić information content (AvgIpc) is 2.36. The SMILES string of the molecule is COCCC(=O)Nc1ccc(C(C)CC(=O)O)cc1. The van der Waals surface area contributed by atoms with Gasteiger partial charge in [0, 0.05) is 12.8 Å². The molecule has 0 heterocycles. The number of carboxylic acids is 1. The summed E-state index contributed by atoms with van der Waals surface area (Å²) in [5.41, 5.74) is 1.64. The van der Waals surface area contributed by atoms with Crippen molar-refractivity contribution in [3.8, 4) is 0 Å². The van der Waals surface area contributed by atoms with Crippen LogP contribution in [0.4, 0.5) is 5.69 Å². The van der Waals surface area contributed by atoms with Crippen LogP contribution in [-0.2, 0) is 14.3 Å². The molecule has 104 valence electrons. The van der Waals surface area contributed by atoms with Crippen molar-refractivity contribution in [1.82, 2.24) is 0 Å². The van der Waals surface area contributed by atoms with Gasteiger partial charge in [0.15, 0.2) is 0 Å². The number of nitrogens with one attached hydrogen (secondary N) is 1. The number of rotatable bonds is 7. The van der Waals surface area contributed by atoms with Gasteiger partial charge in [-0.2, -0.15) is 0 Å². The molecule has 5 heteroatoms. The molecule has 1 aromatic rings. The normalized spacial score (nSPS) is 11.9. The van der Waals surface area contributed by atoms with E-state index in [-0.39, 0.29) is 18.2 Å². The predicted octanol–water partition coefficient (Wildman–Crippen LogP) is 2.24. The molecule has 1 unspecified atom stereocenters. The Bertz CT molecular complexity index is 428. The molecule has 0 aromatic heterocycles. The standard InChI is InChI=1S/C14H19NO4/c1-10(9-14(17)18)11-3-5-12(6-4-11)15-13(16)7-8-19-2/h3-6,10H,7-9H2,1-2H3,(H,15,16)(H,17,18). The number of methoxy groups -OCH3 is 1. The Balaban J connectivity index is 2.56. The summed E-state index contributed by atoms with van der Waals surface area (Å²) in [5.74, 6) is -0.964. The Morgan fingerprint density at radius 2 is 1.95 bits per heavy atom. The van der Waals surface area contributed by atoms with Crippen molar-refractivity contribution in [3.63, 3.8) is 0 Å². The fourth-order valence-electron chi connectivity index (χ4n) is 1.69. The Morgan fingerprint density at radius 1 is 1.32 bits per heavy atom. The summed E-state index contributed by atoms with van der Waals surface area (Å²) in [6, 6.07) is 7.22. The highest BCUT2D eigenvalue weighted by molar-refractivity contribution is 5.90. The van der Waals surface area contributed by atoms with Crippen LogP contribution >= 0.6 is 0 Å². The molecule has 1 rings (SSSR count). The highest BCUT2D eigenvalue weighted by Gasteiger charge is 2.10. The third-order valence-electron chi connectivity index (χ3n) is 2.78. The van der Waals surface area contributed by atoms with Gasteiger partial charge in [0.05, 0.1) is 19.4 Å². The minimum Gasteiger partial charge on any atom is -0.481 e. The fourth-order valence-corrected chi connectivity index (χ4v) is 1.69. The second kappa shape index (κ2) is 7.53. The number of hydrogen-bond acceptors (Lipinski definition) is 3. The monoisotopic (exact) mass is 265 g/mol. The maximum Gasteiger partial charge on any atom is 0.303 e. The van der Waals surface area contributed by atoms with E-state index in [9.17, 15) is 9.59 Å². The lowest BCUT2D eigenvalue weighted by molar-refractivity contribution is -0.137. The number of carbonyl (C=O) groups excluding carboxylic acids is 1. The minimum atomic E-state index is -0.815. The number of aliphatic carboxylic acids is 1. The molecule has 0 spiro atoms. The van der Waals surface area contributed by atoms with E-state index in [2.05, 4.69) is 5.32 Å². The van der Waals surface area contributed by atoms with Crippen LogP contribution in [0.25, 0.3) is 0 Å². The van der Waals surface area contributed by atoms with Crippen LogP contribution in [0, 0.1) is 0 Å². The number of ether oxygens (including phenoxy) is 1. The second-order valence-corrected chi connectivity index (χ2v) is 4.41. The van der Waals surface area contributed by atoms with Crippen molar-refractivity contribution in [2.75, 3.05) is 19.0 Å². The molecule has 2 N–H and O–H groups in total. The quantitative estimate of drug-likeness (QED) is 0.792. The zero-order chi connectivity index (χ0) is 14.3. The molecule has 0 aliphatic carbocycles. The molecule has 0 saturated carbocycles. The topological polar surface area (TPSA) is 75.6 Å². The van der Waals surface area contributed by atoms with E-state index in [1.807, 2.05) is 19.1 Å². The van der Waals surface area contributed by atoms with Gasteiger partial charge in [-0.25, -0.2) is 0 Å². The average molecular weight is 265 g/mol. The minimum absolute atomic E-state index is 0.0456. The maximum atomic E-state index is 11.5. The van der Waals surface area contributed by atoms with Crippen molar-refractivity contribution in [2.45, 2.75) is 25.7 Å². The molecule has 0 radical (unpaired) electrons. The summed E-state index contributed by atoms with van der Waals surface area (Å²) in [4.78, 5) is 22.1. The molecule has 0 aliphatic heterocycles. The van der Waals surface area contributed by atoms with E-state index >= 15 is 0 Å². The molecule has 1 aromatic carbocycles. The molecule has 19 heavy (non-hydrogen) atoms. The van der Waals surface area contributed by atoms with Crippen LogP contribution in [0.3, 0.4) is 0 Å². The van der Waals surface area contributed by atoms with Crippen LogP contribution in [0.5, 0.6) is 0 Å². The third-order valence-corrected chi connectivity index (χ3v) is 2.78. The fraction of sp³-hybridized carbons (Fsp3) is 0.429. The summed E-state index contributed by atoms with van der Waals surface area (Å²) in [6.45, 7) is 2.25. The summed E-state index contributed by atoms with van der Waals surface area (Å²) < 4.78 is 4.82. The van der Waals surface area contributed by atoms with Crippen LogP contribution < -0.4 is 5.32 Å². The van der Waals surface area contributed by atoms with Crippen LogP contribution in [0.2, 0.25) is 0 Å². The Labute approximate surface area is 112 Å². The summed E-state index contributed by atoms with van der Waals surface area (Å²) >= 11 is 0. The lowest BCUT2D eigenvalue weighted by atomic mass is 9.98. The van der Waals surface area contributed by atoms with E-state index < -0.39 is 5.97 Å². The Hall–Kier alpha value is -1.88. The summed E-state index contributed by atoms with van der Waals surface area (Å²) in [5, 5.41) is 11.5. The number of benzene rings is 1. The molecule has 0 saturated heterocycles. The molecule has 1 atom stereocenters. The molecule has 0 aliphatic rings. The number of anilines is 1.